The molecule has 0 spiro atoms. The van der Waals surface area contributed by atoms with E-state index in [2.05, 4.69) is 10.6 Å². The van der Waals surface area contributed by atoms with Crippen LogP contribution in [0.15, 0.2) is 0 Å². The molecule has 0 fully saturated rings. The smallest absolute Gasteiger partial charge is 0.326 e. The SMILES string of the molecule is CCC(C)(CC(C)(CC)C(NC(=O)CCC(NC(C)(C)C)C(C)=O)C(=O)O)C(=O)O. The maximum atomic E-state index is 12.6. The van der Waals surface area contributed by atoms with Crippen LogP contribution in [-0.2, 0) is 19.2 Å². The Hall–Kier alpha value is -1.96. The summed E-state index contributed by atoms with van der Waals surface area (Å²) in [6.07, 6.45) is 1.07. The fourth-order valence-electron chi connectivity index (χ4n) is 3.62. The van der Waals surface area contributed by atoms with Crippen molar-refractivity contribution < 1.29 is 29.4 Å². The lowest BCUT2D eigenvalue weighted by atomic mass is 9.66. The number of hydrogen-bond acceptors (Lipinski definition) is 5. The van der Waals surface area contributed by atoms with Gasteiger partial charge in [-0.1, -0.05) is 20.8 Å². The molecule has 174 valence electrons. The first-order chi connectivity index (χ1) is 13.5. The summed E-state index contributed by atoms with van der Waals surface area (Å²) in [5.74, 6) is -2.76. The highest BCUT2D eigenvalue weighted by molar-refractivity contribution is 5.86. The van der Waals surface area contributed by atoms with Gasteiger partial charge in [-0.15, -0.1) is 0 Å². The number of hydrogen-bond donors (Lipinski definition) is 4. The van der Waals surface area contributed by atoms with Gasteiger partial charge in [-0.05, 0) is 65.7 Å². The molecule has 0 saturated heterocycles. The standard InChI is InChI=1S/C22H40N2O6/c1-9-21(7,13-22(8,10-2)19(29)30)17(18(27)28)23-16(26)12-11-15(14(3)25)24-20(4,5)6/h15,17,24H,9-13H2,1-8H3,(H,23,26)(H,27,28)(H,29,30). The molecule has 0 heterocycles. The molecule has 0 radical (unpaired) electrons. The van der Waals surface area contributed by atoms with Crippen molar-refractivity contribution in [2.24, 2.45) is 10.8 Å². The van der Waals surface area contributed by atoms with Gasteiger partial charge < -0.3 is 20.8 Å². The minimum absolute atomic E-state index is 0.0130. The number of carboxylic acid groups (broad SMARTS) is 2. The van der Waals surface area contributed by atoms with Crippen molar-refractivity contribution in [2.45, 2.75) is 105 Å². The summed E-state index contributed by atoms with van der Waals surface area (Å²) in [5.41, 5.74) is -2.35. The molecule has 0 aromatic rings. The molecule has 0 aromatic heterocycles. The van der Waals surface area contributed by atoms with Gasteiger partial charge in [-0.25, -0.2) is 4.79 Å². The van der Waals surface area contributed by atoms with Crippen LogP contribution in [0.5, 0.6) is 0 Å². The van der Waals surface area contributed by atoms with E-state index in [1.54, 1.807) is 27.7 Å². The van der Waals surface area contributed by atoms with Crippen molar-refractivity contribution in [1.82, 2.24) is 10.6 Å². The van der Waals surface area contributed by atoms with E-state index in [1.165, 1.54) is 6.92 Å². The number of carbonyl (C=O) groups is 4. The first-order valence-corrected chi connectivity index (χ1v) is 10.5. The molecule has 1 amide bonds. The van der Waals surface area contributed by atoms with E-state index in [4.69, 9.17) is 0 Å². The number of ketones is 1. The van der Waals surface area contributed by atoms with Crippen LogP contribution < -0.4 is 10.6 Å². The summed E-state index contributed by atoms with van der Waals surface area (Å²) in [7, 11) is 0. The van der Waals surface area contributed by atoms with E-state index >= 15 is 0 Å². The first-order valence-electron chi connectivity index (χ1n) is 10.5. The second-order valence-electron chi connectivity index (χ2n) is 9.84. The zero-order valence-corrected chi connectivity index (χ0v) is 19.7. The lowest BCUT2D eigenvalue weighted by Gasteiger charge is -2.40. The molecule has 0 bridgehead atoms. The average Bonchev–Trinajstić information content (AvgIpc) is 2.61. The van der Waals surface area contributed by atoms with E-state index in [1.807, 2.05) is 20.8 Å². The van der Waals surface area contributed by atoms with Gasteiger partial charge in [0.2, 0.25) is 5.91 Å². The lowest BCUT2D eigenvalue weighted by molar-refractivity contribution is -0.154. The van der Waals surface area contributed by atoms with Crippen molar-refractivity contribution in [3.8, 4) is 0 Å². The number of aliphatic carboxylic acids is 2. The van der Waals surface area contributed by atoms with Crippen molar-refractivity contribution in [1.29, 1.82) is 0 Å². The fraction of sp³-hybridized carbons (Fsp3) is 0.818. The molecule has 0 saturated carbocycles. The number of Topliss-reactive ketones (excluding diaryl/α,β-unsaturated/α-hetero) is 1. The molecule has 30 heavy (non-hydrogen) atoms. The van der Waals surface area contributed by atoms with E-state index in [0.717, 1.165) is 0 Å². The second-order valence-corrected chi connectivity index (χ2v) is 9.84. The summed E-state index contributed by atoms with van der Waals surface area (Å²) < 4.78 is 0. The van der Waals surface area contributed by atoms with Gasteiger partial charge in [-0.2, -0.15) is 0 Å². The molecule has 0 aliphatic heterocycles. The monoisotopic (exact) mass is 428 g/mol. The Morgan fingerprint density at radius 1 is 0.933 bits per heavy atom. The average molecular weight is 429 g/mol. The summed E-state index contributed by atoms with van der Waals surface area (Å²) in [6, 6.07) is -1.74. The third-order valence-electron chi connectivity index (χ3n) is 5.91. The highest BCUT2D eigenvalue weighted by Gasteiger charge is 2.46. The molecule has 0 aliphatic rings. The van der Waals surface area contributed by atoms with E-state index in [9.17, 15) is 29.4 Å². The maximum absolute atomic E-state index is 12.6. The van der Waals surface area contributed by atoms with Crippen molar-refractivity contribution in [3.05, 3.63) is 0 Å². The van der Waals surface area contributed by atoms with Crippen molar-refractivity contribution in [2.75, 3.05) is 0 Å². The topological polar surface area (TPSA) is 133 Å². The molecule has 4 unspecified atom stereocenters. The van der Waals surface area contributed by atoms with Crippen LogP contribution in [0, 0.1) is 10.8 Å². The summed E-state index contributed by atoms with van der Waals surface area (Å²) in [6.45, 7) is 14.0. The van der Waals surface area contributed by atoms with Gasteiger partial charge >= 0.3 is 11.9 Å². The van der Waals surface area contributed by atoms with Gasteiger partial charge in [0.05, 0.1) is 11.5 Å². The number of carboxylic acids is 2. The Balaban J connectivity index is 5.42. The maximum Gasteiger partial charge on any atom is 0.326 e. The zero-order valence-electron chi connectivity index (χ0n) is 19.7. The van der Waals surface area contributed by atoms with Crippen LogP contribution in [0.3, 0.4) is 0 Å². The number of rotatable bonds is 13. The molecule has 8 heteroatoms. The van der Waals surface area contributed by atoms with Crippen LogP contribution >= 0.6 is 0 Å². The highest BCUT2D eigenvalue weighted by Crippen LogP contribution is 2.41. The molecule has 0 aromatic carbocycles. The third kappa shape index (κ3) is 8.42. The minimum Gasteiger partial charge on any atom is -0.481 e. The normalized spacial score (nSPS) is 17.9. The quantitative estimate of drug-likeness (QED) is 0.354. The molecular formula is C22H40N2O6. The summed E-state index contributed by atoms with van der Waals surface area (Å²) in [4.78, 5) is 48.2. The van der Waals surface area contributed by atoms with Crippen LogP contribution in [0.4, 0.5) is 0 Å². The Morgan fingerprint density at radius 2 is 1.47 bits per heavy atom. The minimum atomic E-state index is -1.23. The highest BCUT2D eigenvalue weighted by atomic mass is 16.4. The number of carbonyl (C=O) groups excluding carboxylic acids is 2. The lowest BCUT2D eigenvalue weighted by Crippen LogP contribution is -2.54. The number of amides is 1. The van der Waals surface area contributed by atoms with Gasteiger partial charge in [0.15, 0.2) is 0 Å². The Bertz CT molecular complexity index is 642. The molecule has 4 N–H and O–H groups in total. The Labute approximate surface area is 180 Å². The molecular weight excluding hydrogens is 388 g/mol. The van der Waals surface area contributed by atoms with E-state index in [0.29, 0.717) is 12.8 Å². The van der Waals surface area contributed by atoms with Crippen molar-refractivity contribution >= 4 is 23.6 Å². The molecule has 4 atom stereocenters. The Morgan fingerprint density at radius 3 is 1.80 bits per heavy atom. The summed E-state index contributed by atoms with van der Waals surface area (Å²) >= 11 is 0. The van der Waals surface area contributed by atoms with Crippen LogP contribution in [0.25, 0.3) is 0 Å². The molecule has 8 nitrogen and oxygen atoms in total. The zero-order chi connectivity index (χ0) is 23.9. The van der Waals surface area contributed by atoms with Crippen LogP contribution in [0.1, 0.15) is 87.5 Å². The third-order valence-corrected chi connectivity index (χ3v) is 5.91. The van der Waals surface area contributed by atoms with Gasteiger partial charge in [-0.3, -0.25) is 14.4 Å². The first kappa shape index (κ1) is 28.0. The largest absolute Gasteiger partial charge is 0.481 e. The predicted molar refractivity (Wildman–Crippen MR) is 115 cm³/mol. The van der Waals surface area contributed by atoms with Crippen LogP contribution in [-0.4, -0.2) is 51.5 Å². The molecule has 0 aliphatic carbocycles. The van der Waals surface area contributed by atoms with Crippen LogP contribution in [0.2, 0.25) is 0 Å². The molecule has 0 rings (SSSR count). The summed E-state index contributed by atoms with van der Waals surface area (Å²) in [5, 5.41) is 25.1. The van der Waals surface area contributed by atoms with Gasteiger partial charge in [0, 0.05) is 12.0 Å². The fourth-order valence-corrected chi connectivity index (χ4v) is 3.62. The number of nitrogens with one attached hydrogen (secondary N) is 2. The second kappa shape index (κ2) is 10.9. The Kier molecular flexibility index (Phi) is 10.2. The predicted octanol–water partition coefficient (Wildman–Crippen LogP) is 2.99. The van der Waals surface area contributed by atoms with E-state index < -0.39 is 40.8 Å². The van der Waals surface area contributed by atoms with Gasteiger partial charge in [0.25, 0.3) is 0 Å². The van der Waals surface area contributed by atoms with E-state index in [-0.39, 0.29) is 30.6 Å². The van der Waals surface area contributed by atoms with Crippen molar-refractivity contribution in [3.63, 3.8) is 0 Å². The van der Waals surface area contributed by atoms with Gasteiger partial charge in [0.1, 0.15) is 11.8 Å².